The highest BCUT2D eigenvalue weighted by Crippen LogP contribution is 2.28. The third kappa shape index (κ3) is 6.13. The van der Waals surface area contributed by atoms with Crippen molar-refractivity contribution < 1.29 is 9.59 Å². The molecule has 1 aromatic carbocycles. The van der Waals surface area contributed by atoms with Gasteiger partial charge in [0, 0.05) is 25.2 Å². The third-order valence-electron chi connectivity index (χ3n) is 4.03. The predicted octanol–water partition coefficient (Wildman–Crippen LogP) is 2.93. The minimum Gasteiger partial charge on any atom is -0.336 e. The fourth-order valence-corrected chi connectivity index (χ4v) is 2.62. The van der Waals surface area contributed by atoms with Gasteiger partial charge in [-0.05, 0) is 42.9 Å². The summed E-state index contributed by atoms with van der Waals surface area (Å²) in [6, 6.07) is 7.53. The Morgan fingerprint density at radius 1 is 1.25 bits per heavy atom. The molecule has 6 heteroatoms. The van der Waals surface area contributed by atoms with E-state index in [1.54, 1.807) is 6.92 Å². The molecule has 3 N–H and O–H groups in total. The molecule has 0 aromatic heterocycles. The first-order chi connectivity index (χ1) is 10.9. The molecule has 0 unspecified atom stereocenters. The molecule has 2 amide bonds. The van der Waals surface area contributed by atoms with E-state index in [0.29, 0.717) is 24.9 Å². The van der Waals surface area contributed by atoms with E-state index >= 15 is 0 Å². The van der Waals surface area contributed by atoms with Crippen LogP contribution in [0.1, 0.15) is 45.6 Å². The number of anilines is 1. The van der Waals surface area contributed by atoms with Gasteiger partial charge in [-0.15, -0.1) is 12.4 Å². The molecular formula is C18H28ClN3O2. The summed E-state index contributed by atoms with van der Waals surface area (Å²) in [5, 5.41) is 2.84. The van der Waals surface area contributed by atoms with Crippen LogP contribution in [-0.4, -0.2) is 28.8 Å². The van der Waals surface area contributed by atoms with E-state index in [0.717, 1.165) is 24.1 Å². The summed E-state index contributed by atoms with van der Waals surface area (Å²) in [6.45, 7) is 6.33. The molecule has 0 bridgehead atoms. The highest BCUT2D eigenvalue weighted by atomic mass is 35.5. The van der Waals surface area contributed by atoms with Gasteiger partial charge < -0.3 is 16.0 Å². The van der Waals surface area contributed by atoms with Crippen molar-refractivity contribution in [2.75, 3.05) is 5.32 Å². The molecule has 0 saturated heterocycles. The average Bonchev–Trinajstić information content (AvgIpc) is 3.29. The van der Waals surface area contributed by atoms with E-state index < -0.39 is 6.04 Å². The molecule has 1 fully saturated rings. The number of carbonyl (C=O) groups excluding carboxylic acids is 2. The highest BCUT2D eigenvalue weighted by Gasteiger charge is 2.30. The monoisotopic (exact) mass is 353 g/mol. The minimum absolute atomic E-state index is 0. The van der Waals surface area contributed by atoms with Crippen LogP contribution in [-0.2, 0) is 16.1 Å². The highest BCUT2D eigenvalue weighted by molar-refractivity contribution is 5.94. The molecule has 0 radical (unpaired) electrons. The summed E-state index contributed by atoms with van der Waals surface area (Å²) >= 11 is 0. The zero-order valence-electron chi connectivity index (χ0n) is 14.6. The van der Waals surface area contributed by atoms with Gasteiger partial charge in [0.1, 0.15) is 0 Å². The number of halogens is 1. The van der Waals surface area contributed by atoms with Crippen molar-refractivity contribution in [2.24, 2.45) is 11.7 Å². The number of hydrogen-bond donors (Lipinski definition) is 2. The zero-order valence-corrected chi connectivity index (χ0v) is 15.4. The Balaban J connectivity index is 0.00000288. The van der Waals surface area contributed by atoms with Gasteiger partial charge in [-0.25, -0.2) is 0 Å². The van der Waals surface area contributed by atoms with Crippen molar-refractivity contribution in [2.45, 2.75) is 58.7 Å². The van der Waals surface area contributed by atoms with Gasteiger partial charge >= 0.3 is 0 Å². The quantitative estimate of drug-likeness (QED) is 0.791. The summed E-state index contributed by atoms with van der Waals surface area (Å²) in [7, 11) is 0. The number of nitrogens with two attached hydrogens (primary N) is 1. The Morgan fingerprint density at radius 3 is 2.29 bits per heavy atom. The first-order valence-electron chi connectivity index (χ1n) is 8.29. The van der Waals surface area contributed by atoms with Crippen molar-refractivity contribution in [3.63, 3.8) is 0 Å². The van der Waals surface area contributed by atoms with E-state index in [9.17, 15) is 9.59 Å². The van der Waals surface area contributed by atoms with Crippen LogP contribution in [0, 0.1) is 5.92 Å². The zero-order chi connectivity index (χ0) is 17.0. The fraction of sp³-hybridized carbons (Fsp3) is 0.556. The van der Waals surface area contributed by atoms with Crippen LogP contribution in [0.5, 0.6) is 0 Å². The molecule has 24 heavy (non-hydrogen) atoms. The van der Waals surface area contributed by atoms with Crippen molar-refractivity contribution in [1.29, 1.82) is 0 Å². The van der Waals surface area contributed by atoms with Gasteiger partial charge in [-0.3, -0.25) is 9.59 Å². The lowest BCUT2D eigenvalue weighted by atomic mass is 10.0. The molecular weight excluding hydrogens is 326 g/mol. The smallest absolute Gasteiger partial charge is 0.241 e. The van der Waals surface area contributed by atoms with Crippen LogP contribution in [0.4, 0.5) is 5.69 Å². The lowest BCUT2D eigenvalue weighted by Crippen LogP contribution is -2.36. The lowest BCUT2D eigenvalue weighted by Gasteiger charge is -2.21. The van der Waals surface area contributed by atoms with Gasteiger partial charge in [0.15, 0.2) is 0 Å². The van der Waals surface area contributed by atoms with Crippen LogP contribution in [0.3, 0.4) is 0 Å². The number of carbonyl (C=O) groups is 2. The minimum atomic E-state index is -0.488. The molecule has 134 valence electrons. The summed E-state index contributed by atoms with van der Waals surface area (Å²) in [5.41, 5.74) is 7.68. The largest absolute Gasteiger partial charge is 0.336 e. The molecule has 0 aliphatic heterocycles. The van der Waals surface area contributed by atoms with Crippen LogP contribution in [0.25, 0.3) is 0 Å². The summed E-state index contributed by atoms with van der Waals surface area (Å²) in [5.74, 6) is 0.345. The van der Waals surface area contributed by atoms with Crippen molar-refractivity contribution in [3.05, 3.63) is 29.8 Å². The second-order valence-corrected chi connectivity index (χ2v) is 6.80. The van der Waals surface area contributed by atoms with E-state index in [4.69, 9.17) is 5.73 Å². The van der Waals surface area contributed by atoms with Gasteiger partial charge in [0.2, 0.25) is 11.8 Å². The first kappa shape index (κ1) is 20.5. The Labute approximate surface area is 150 Å². The Morgan fingerprint density at radius 2 is 1.83 bits per heavy atom. The van der Waals surface area contributed by atoms with Gasteiger partial charge in [-0.1, -0.05) is 26.0 Å². The molecule has 1 aliphatic carbocycles. The molecule has 0 spiro atoms. The Bertz CT molecular complexity index is 556. The maximum absolute atomic E-state index is 12.0. The van der Waals surface area contributed by atoms with Crippen LogP contribution < -0.4 is 11.1 Å². The third-order valence-corrected chi connectivity index (χ3v) is 4.03. The number of amides is 2. The van der Waals surface area contributed by atoms with Gasteiger partial charge in [-0.2, -0.15) is 0 Å². The van der Waals surface area contributed by atoms with Crippen molar-refractivity contribution in [1.82, 2.24) is 4.90 Å². The van der Waals surface area contributed by atoms with Crippen LogP contribution in [0.15, 0.2) is 24.3 Å². The maximum Gasteiger partial charge on any atom is 0.241 e. The molecule has 1 saturated carbocycles. The first-order valence-corrected chi connectivity index (χ1v) is 8.29. The Kier molecular flexibility index (Phi) is 7.70. The van der Waals surface area contributed by atoms with Crippen LogP contribution in [0.2, 0.25) is 0 Å². The number of nitrogens with one attached hydrogen (secondary N) is 1. The van der Waals surface area contributed by atoms with Gasteiger partial charge in [0.25, 0.3) is 0 Å². The summed E-state index contributed by atoms with van der Waals surface area (Å²) in [6.07, 6.45) is 2.86. The average molecular weight is 354 g/mol. The Hall–Kier alpha value is -1.59. The molecule has 1 aromatic rings. The van der Waals surface area contributed by atoms with E-state index in [1.807, 2.05) is 43.0 Å². The lowest BCUT2D eigenvalue weighted by molar-refractivity contribution is -0.130. The molecule has 2 rings (SSSR count). The van der Waals surface area contributed by atoms with E-state index in [-0.39, 0.29) is 24.2 Å². The van der Waals surface area contributed by atoms with E-state index in [2.05, 4.69) is 5.32 Å². The fourth-order valence-electron chi connectivity index (χ4n) is 2.62. The van der Waals surface area contributed by atoms with Crippen LogP contribution >= 0.6 is 12.4 Å². The molecule has 1 atom stereocenters. The maximum atomic E-state index is 12.0. The molecule has 0 heterocycles. The molecule has 1 aliphatic rings. The predicted molar refractivity (Wildman–Crippen MR) is 99.0 cm³/mol. The number of benzene rings is 1. The van der Waals surface area contributed by atoms with Crippen molar-refractivity contribution in [3.8, 4) is 0 Å². The van der Waals surface area contributed by atoms with Gasteiger partial charge in [0.05, 0.1) is 6.04 Å². The number of rotatable bonds is 7. The second kappa shape index (κ2) is 9.04. The SMILES string of the molecule is CC(=O)N(Cc1ccc(NC(=O)[C@@H](N)CC(C)C)cc1)C1CC1.Cl. The normalized spacial score (nSPS) is 14.7. The number of hydrogen-bond acceptors (Lipinski definition) is 3. The standard InChI is InChI=1S/C18H27N3O2.ClH/c1-12(2)10-17(19)18(23)20-15-6-4-14(5-7-15)11-21(13(3)22)16-8-9-16;/h4-7,12,16-17H,8-11,19H2,1-3H3,(H,20,23);1H/t17-;/m0./s1. The second-order valence-electron chi connectivity index (χ2n) is 6.80. The van der Waals surface area contributed by atoms with E-state index in [1.165, 1.54) is 0 Å². The van der Waals surface area contributed by atoms with Crippen molar-refractivity contribution >= 4 is 29.9 Å². The summed E-state index contributed by atoms with van der Waals surface area (Å²) < 4.78 is 0. The summed E-state index contributed by atoms with van der Waals surface area (Å²) in [4.78, 5) is 25.6. The molecule has 5 nitrogen and oxygen atoms in total. The number of nitrogens with zero attached hydrogens (tertiary/aromatic N) is 1. The topological polar surface area (TPSA) is 75.4 Å².